The number of hydrogen-bond acceptors (Lipinski definition) is 4. The van der Waals surface area contributed by atoms with Crippen LogP contribution in [0.5, 0.6) is 0 Å². The van der Waals surface area contributed by atoms with Crippen LogP contribution < -0.4 is 5.32 Å². The van der Waals surface area contributed by atoms with Crippen LogP contribution in [0.2, 0.25) is 0 Å². The lowest BCUT2D eigenvalue weighted by Crippen LogP contribution is -2.30. The second-order valence-corrected chi connectivity index (χ2v) is 4.95. The van der Waals surface area contributed by atoms with Crippen LogP contribution in [0.4, 0.5) is 0 Å². The number of carboxylic acids is 1. The lowest BCUT2D eigenvalue weighted by atomic mass is 9.93. The van der Waals surface area contributed by atoms with Gasteiger partial charge in [0.2, 0.25) is 0 Å². The Hall–Kier alpha value is -2.63. The van der Waals surface area contributed by atoms with E-state index in [4.69, 9.17) is 9.52 Å². The molecule has 0 aromatic carbocycles. The van der Waals surface area contributed by atoms with E-state index in [2.05, 4.69) is 10.3 Å². The van der Waals surface area contributed by atoms with E-state index in [9.17, 15) is 9.59 Å². The topological polar surface area (TPSA) is 92.4 Å². The third-order valence-electron chi connectivity index (χ3n) is 3.60. The number of nitrogens with zero attached hydrogens (tertiary/aromatic N) is 1. The molecule has 0 radical (unpaired) electrons. The highest BCUT2D eigenvalue weighted by Gasteiger charge is 2.24. The van der Waals surface area contributed by atoms with E-state index in [-0.39, 0.29) is 17.6 Å². The maximum atomic E-state index is 12.2. The molecule has 108 valence electrons. The summed E-state index contributed by atoms with van der Waals surface area (Å²) in [6.07, 6.45) is 5.63. The van der Waals surface area contributed by atoms with Gasteiger partial charge in [-0.05, 0) is 31.0 Å². The minimum Gasteiger partial charge on any atom is -0.477 e. The number of aromatic carboxylic acids is 1. The molecular formula is C15H14N2O4. The summed E-state index contributed by atoms with van der Waals surface area (Å²) in [5, 5.41) is 11.7. The van der Waals surface area contributed by atoms with Crippen molar-refractivity contribution in [3.8, 4) is 0 Å². The fourth-order valence-electron chi connectivity index (χ4n) is 2.53. The van der Waals surface area contributed by atoms with E-state index < -0.39 is 5.97 Å². The van der Waals surface area contributed by atoms with Gasteiger partial charge >= 0.3 is 5.97 Å². The average Bonchev–Trinajstić information content (AvgIpc) is 2.97. The van der Waals surface area contributed by atoms with Gasteiger partial charge in [-0.1, -0.05) is 0 Å². The summed E-state index contributed by atoms with van der Waals surface area (Å²) in [4.78, 5) is 26.7. The summed E-state index contributed by atoms with van der Waals surface area (Å²) in [6.45, 7) is 0. The minimum atomic E-state index is -1.11. The summed E-state index contributed by atoms with van der Waals surface area (Å²) in [6, 6.07) is 4.59. The van der Waals surface area contributed by atoms with Crippen LogP contribution in [0.15, 0.2) is 35.1 Å². The fourth-order valence-corrected chi connectivity index (χ4v) is 2.53. The standard InChI is InChI=1S/C15H14N2O4/c18-14(9-4-5-12(15(19)20)16-8-9)17-11-2-1-3-13-10(11)6-7-21-13/h4-8,11H,1-3H2,(H,17,18)(H,19,20). The molecule has 0 fully saturated rings. The second kappa shape index (κ2) is 5.40. The first-order chi connectivity index (χ1) is 10.1. The van der Waals surface area contributed by atoms with Crippen LogP contribution in [0.25, 0.3) is 0 Å². The van der Waals surface area contributed by atoms with Crippen molar-refractivity contribution in [2.45, 2.75) is 25.3 Å². The Balaban J connectivity index is 1.74. The van der Waals surface area contributed by atoms with Gasteiger partial charge in [-0.3, -0.25) is 4.79 Å². The highest BCUT2D eigenvalue weighted by molar-refractivity contribution is 5.95. The normalized spacial score (nSPS) is 17.0. The zero-order valence-electron chi connectivity index (χ0n) is 11.2. The molecule has 1 atom stereocenters. The Morgan fingerprint density at radius 2 is 2.19 bits per heavy atom. The second-order valence-electron chi connectivity index (χ2n) is 4.95. The predicted octanol–water partition coefficient (Wildman–Crippen LogP) is 2.18. The van der Waals surface area contributed by atoms with Crippen molar-refractivity contribution >= 4 is 11.9 Å². The molecule has 1 aliphatic carbocycles. The molecular weight excluding hydrogens is 272 g/mol. The molecule has 0 aliphatic heterocycles. The van der Waals surface area contributed by atoms with Gasteiger partial charge in [0.05, 0.1) is 17.9 Å². The SMILES string of the molecule is O=C(NC1CCCc2occc21)c1ccc(C(=O)O)nc1. The number of nitrogens with one attached hydrogen (secondary N) is 1. The zero-order valence-corrected chi connectivity index (χ0v) is 11.2. The van der Waals surface area contributed by atoms with Gasteiger partial charge in [0.1, 0.15) is 11.5 Å². The molecule has 0 bridgehead atoms. The molecule has 0 saturated heterocycles. The van der Waals surface area contributed by atoms with Crippen molar-refractivity contribution < 1.29 is 19.1 Å². The van der Waals surface area contributed by atoms with E-state index in [0.717, 1.165) is 30.6 Å². The quantitative estimate of drug-likeness (QED) is 0.902. The average molecular weight is 286 g/mol. The van der Waals surface area contributed by atoms with Crippen LogP contribution in [0.1, 0.15) is 51.1 Å². The number of hydrogen-bond donors (Lipinski definition) is 2. The van der Waals surface area contributed by atoms with Crippen LogP contribution >= 0.6 is 0 Å². The maximum absolute atomic E-state index is 12.2. The molecule has 2 heterocycles. The number of pyridine rings is 1. The molecule has 2 aromatic heterocycles. The number of furan rings is 1. The third-order valence-corrected chi connectivity index (χ3v) is 3.60. The van der Waals surface area contributed by atoms with Gasteiger partial charge in [0.25, 0.3) is 5.91 Å². The monoisotopic (exact) mass is 286 g/mol. The summed E-state index contributed by atoms with van der Waals surface area (Å²) < 4.78 is 5.39. The van der Waals surface area contributed by atoms with E-state index in [0.29, 0.717) is 5.56 Å². The van der Waals surface area contributed by atoms with E-state index in [1.54, 1.807) is 6.26 Å². The van der Waals surface area contributed by atoms with Crippen molar-refractivity contribution in [3.63, 3.8) is 0 Å². The molecule has 2 aromatic rings. The van der Waals surface area contributed by atoms with Crippen LogP contribution in [-0.4, -0.2) is 22.0 Å². The number of fused-ring (bicyclic) bond motifs is 1. The minimum absolute atomic E-state index is 0.0702. The first-order valence-corrected chi connectivity index (χ1v) is 6.71. The number of carboxylic acid groups (broad SMARTS) is 1. The molecule has 6 heteroatoms. The van der Waals surface area contributed by atoms with Gasteiger partial charge in [-0.15, -0.1) is 0 Å². The van der Waals surface area contributed by atoms with Crippen molar-refractivity contribution in [2.24, 2.45) is 0 Å². The van der Waals surface area contributed by atoms with Gasteiger partial charge in [-0.25, -0.2) is 9.78 Å². The molecule has 3 rings (SSSR count). The van der Waals surface area contributed by atoms with Crippen LogP contribution in [0.3, 0.4) is 0 Å². The van der Waals surface area contributed by atoms with Crippen molar-refractivity contribution in [1.82, 2.24) is 10.3 Å². The highest BCUT2D eigenvalue weighted by atomic mass is 16.4. The van der Waals surface area contributed by atoms with E-state index in [1.165, 1.54) is 18.3 Å². The number of carbonyl (C=O) groups is 2. The third kappa shape index (κ3) is 2.65. The number of rotatable bonds is 3. The number of aromatic nitrogens is 1. The Kier molecular flexibility index (Phi) is 3.43. The fraction of sp³-hybridized carbons (Fsp3) is 0.267. The van der Waals surface area contributed by atoms with Gasteiger partial charge in [0.15, 0.2) is 0 Å². The van der Waals surface area contributed by atoms with Gasteiger partial charge < -0.3 is 14.8 Å². The summed E-state index contributed by atoms with van der Waals surface area (Å²) in [7, 11) is 0. The summed E-state index contributed by atoms with van der Waals surface area (Å²) in [5.74, 6) is -0.457. The summed E-state index contributed by atoms with van der Waals surface area (Å²) in [5.41, 5.74) is 1.28. The molecule has 1 unspecified atom stereocenters. The zero-order chi connectivity index (χ0) is 14.8. The van der Waals surface area contributed by atoms with Crippen molar-refractivity contribution in [3.05, 3.63) is 53.2 Å². The largest absolute Gasteiger partial charge is 0.477 e. The molecule has 0 saturated carbocycles. The first-order valence-electron chi connectivity index (χ1n) is 6.71. The van der Waals surface area contributed by atoms with Gasteiger partial charge in [0, 0.05) is 18.2 Å². The maximum Gasteiger partial charge on any atom is 0.354 e. The van der Waals surface area contributed by atoms with Crippen molar-refractivity contribution in [2.75, 3.05) is 0 Å². The predicted molar refractivity (Wildman–Crippen MR) is 73.0 cm³/mol. The lowest BCUT2D eigenvalue weighted by Gasteiger charge is -2.22. The number of aryl methyl sites for hydroxylation is 1. The van der Waals surface area contributed by atoms with Gasteiger partial charge in [-0.2, -0.15) is 0 Å². The number of carbonyl (C=O) groups excluding carboxylic acids is 1. The molecule has 1 amide bonds. The molecule has 21 heavy (non-hydrogen) atoms. The Bertz CT molecular complexity index is 675. The molecule has 6 nitrogen and oxygen atoms in total. The first kappa shape index (κ1) is 13.4. The van der Waals surface area contributed by atoms with Crippen LogP contribution in [-0.2, 0) is 6.42 Å². The van der Waals surface area contributed by atoms with Crippen molar-refractivity contribution in [1.29, 1.82) is 0 Å². The molecule has 0 spiro atoms. The summed E-state index contributed by atoms with van der Waals surface area (Å²) >= 11 is 0. The Labute approximate surface area is 120 Å². The van der Waals surface area contributed by atoms with Crippen LogP contribution in [0, 0.1) is 0 Å². The Morgan fingerprint density at radius 3 is 2.90 bits per heavy atom. The van der Waals surface area contributed by atoms with E-state index in [1.807, 2.05) is 6.07 Å². The number of amides is 1. The van der Waals surface area contributed by atoms with E-state index >= 15 is 0 Å². The lowest BCUT2D eigenvalue weighted by molar-refractivity contribution is 0.0689. The smallest absolute Gasteiger partial charge is 0.354 e. The molecule has 1 aliphatic rings. The Morgan fingerprint density at radius 1 is 1.33 bits per heavy atom. The molecule has 2 N–H and O–H groups in total. The highest BCUT2D eigenvalue weighted by Crippen LogP contribution is 2.30.